The molecule has 1 aliphatic rings. The molecule has 0 atom stereocenters. The predicted molar refractivity (Wildman–Crippen MR) is 112 cm³/mol. The van der Waals surface area contributed by atoms with Crippen molar-refractivity contribution in [1.82, 2.24) is 15.6 Å². The van der Waals surface area contributed by atoms with Gasteiger partial charge in [0.25, 0.3) is 5.91 Å². The molecular weight excluding hydrogens is 382 g/mol. The summed E-state index contributed by atoms with van der Waals surface area (Å²) in [4.78, 5) is 33.7. The molecule has 1 saturated heterocycles. The van der Waals surface area contributed by atoms with Crippen LogP contribution in [-0.4, -0.2) is 28.6 Å². The van der Waals surface area contributed by atoms with E-state index in [0.717, 1.165) is 16.1 Å². The van der Waals surface area contributed by atoms with Crippen molar-refractivity contribution in [3.63, 3.8) is 0 Å². The number of amides is 3. The molecular formula is C18H19N5O2S2. The maximum atomic E-state index is 12.2. The number of amidine groups is 1. The molecule has 1 aromatic carbocycles. The number of thiazole rings is 1. The second-order valence-corrected chi connectivity index (χ2v) is 7.92. The minimum Gasteiger partial charge on any atom is -0.338 e. The average molecular weight is 402 g/mol. The predicted octanol–water partition coefficient (Wildman–Crippen LogP) is 3.79. The van der Waals surface area contributed by atoms with Gasteiger partial charge in [-0.05, 0) is 50.2 Å². The van der Waals surface area contributed by atoms with Crippen molar-refractivity contribution in [2.45, 2.75) is 20.8 Å². The number of anilines is 1. The average Bonchev–Trinajstić information content (AvgIpc) is 3.17. The van der Waals surface area contributed by atoms with Crippen LogP contribution < -0.4 is 16.0 Å². The summed E-state index contributed by atoms with van der Waals surface area (Å²) in [5.41, 5.74) is 3.05. The van der Waals surface area contributed by atoms with Crippen LogP contribution in [0.5, 0.6) is 0 Å². The van der Waals surface area contributed by atoms with E-state index in [9.17, 15) is 9.59 Å². The molecule has 0 aliphatic carbocycles. The van der Waals surface area contributed by atoms with Crippen LogP contribution in [0, 0.1) is 13.8 Å². The maximum Gasteiger partial charge on any atom is 0.321 e. The minimum absolute atomic E-state index is 0.199. The lowest BCUT2D eigenvalue weighted by Gasteiger charge is -2.02. The molecule has 0 unspecified atom stereocenters. The zero-order valence-corrected chi connectivity index (χ0v) is 16.8. The summed E-state index contributed by atoms with van der Waals surface area (Å²) in [6.45, 7) is 6.39. The first-order valence-corrected chi connectivity index (χ1v) is 9.95. The van der Waals surface area contributed by atoms with E-state index in [4.69, 9.17) is 0 Å². The van der Waals surface area contributed by atoms with E-state index in [1.807, 2.05) is 32.9 Å². The number of carbonyl (C=O) groups excluding carboxylic acids is 2. The second-order valence-electron chi connectivity index (χ2n) is 5.82. The third-order valence-corrected chi connectivity index (χ3v) is 5.35. The van der Waals surface area contributed by atoms with Crippen LogP contribution in [0.15, 0.2) is 34.3 Å². The van der Waals surface area contributed by atoms with E-state index in [1.165, 1.54) is 28.7 Å². The van der Waals surface area contributed by atoms with Crippen LogP contribution in [0.1, 0.15) is 22.9 Å². The van der Waals surface area contributed by atoms with Crippen LogP contribution in [-0.2, 0) is 4.79 Å². The number of carbonyl (C=O) groups is 2. The molecule has 0 radical (unpaired) electrons. The van der Waals surface area contributed by atoms with Gasteiger partial charge in [-0.2, -0.15) is 0 Å². The highest BCUT2D eigenvalue weighted by molar-refractivity contribution is 8.18. The van der Waals surface area contributed by atoms with Gasteiger partial charge in [0, 0.05) is 12.7 Å². The highest BCUT2D eigenvalue weighted by atomic mass is 32.2. The molecule has 0 saturated carbocycles. The smallest absolute Gasteiger partial charge is 0.321 e. The fourth-order valence-electron chi connectivity index (χ4n) is 2.36. The zero-order chi connectivity index (χ0) is 19.4. The number of hydrogen-bond donors (Lipinski definition) is 3. The second kappa shape index (κ2) is 8.36. The van der Waals surface area contributed by atoms with E-state index in [2.05, 4.69) is 32.0 Å². The summed E-state index contributed by atoms with van der Waals surface area (Å²) in [6, 6.07) is 5.68. The van der Waals surface area contributed by atoms with E-state index >= 15 is 0 Å². The van der Waals surface area contributed by atoms with E-state index in [-0.39, 0.29) is 11.9 Å². The Labute approximate surface area is 165 Å². The monoisotopic (exact) mass is 401 g/mol. The Balaban J connectivity index is 1.73. The number of aliphatic imine (C=N–C) groups is 1. The number of benzene rings is 1. The molecule has 9 heteroatoms. The van der Waals surface area contributed by atoms with E-state index in [0.29, 0.717) is 21.7 Å². The number of nitrogens with one attached hydrogen (secondary N) is 3. The van der Waals surface area contributed by atoms with Crippen molar-refractivity contribution >= 4 is 57.1 Å². The Hall–Kier alpha value is -2.65. The Kier molecular flexibility index (Phi) is 5.92. The summed E-state index contributed by atoms with van der Waals surface area (Å²) >= 11 is 2.57. The standard InChI is InChI=1S/C18H19N5O2S2/c1-4-19-16(25)23-17-20-9-12(26-17)8-14-15(24)22-18(27-14)21-13-6-5-10(2)7-11(13)3/h5-9H,4H2,1-3H3,(H,21,22,24)(H2,19,20,23,25). The van der Waals surface area contributed by atoms with Crippen molar-refractivity contribution in [1.29, 1.82) is 0 Å². The number of urea groups is 1. The molecule has 2 aromatic rings. The van der Waals surface area contributed by atoms with E-state index < -0.39 is 0 Å². The molecule has 1 aliphatic heterocycles. The van der Waals surface area contributed by atoms with Crippen LogP contribution in [0.3, 0.4) is 0 Å². The quantitative estimate of drug-likeness (QED) is 0.679. The molecule has 3 amide bonds. The maximum absolute atomic E-state index is 12.2. The fraction of sp³-hybridized carbons (Fsp3) is 0.222. The lowest BCUT2D eigenvalue weighted by molar-refractivity contribution is -0.115. The van der Waals surface area contributed by atoms with Crippen molar-refractivity contribution in [3.05, 3.63) is 45.3 Å². The lowest BCUT2D eigenvalue weighted by Crippen LogP contribution is -2.28. The molecule has 7 nitrogen and oxygen atoms in total. The Morgan fingerprint density at radius 3 is 2.93 bits per heavy atom. The van der Waals surface area contributed by atoms with Gasteiger partial charge in [-0.15, -0.1) is 0 Å². The topological polar surface area (TPSA) is 95.5 Å². The summed E-state index contributed by atoms with van der Waals surface area (Å²) in [5.74, 6) is -0.199. The molecule has 140 valence electrons. The molecule has 0 spiro atoms. The third-order valence-electron chi connectivity index (χ3n) is 3.58. The first kappa shape index (κ1) is 19.1. The summed E-state index contributed by atoms with van der Waals surface area (Å²) < 4.78 is 0. The van der Waals surface area contributed by atoms with Gasteiger partial charge in [-0.1, -0.05) is 29.0 Å². The Morgan fingerprint density at radius 1 is 1.37 bits per heavy atom. The van der Waals surface area contributed by atoms with Gasteiger partial charge < -0.3 is 10.6 Å². The van der Waals surface area contributed by atoms with Crippen molar-refractivity contribution in [3.8, 4) is 0 Å². The van der Waals surface area contributed by atoms with Crippen LogP contribution in [0.25, 0.3) is 6.08 Å². The van der Waals surface area contributed by atoms with Gasteiger partial charge in [0.05, 0.1) is 15.5 Å². The fourth-order valence-corrected chi connectivity index (χ4v) is 4.02. The van der Waals surface area contributed by atoms with Crippen LogP contribution in [0.4, 0.5) is 15.6 Å². The highest BCUT2D eigenvalue weighted by Crippen LogP contribution is 2.31. The molecule has 2 heterocycles. The zero-order valence-electron chi connectivity index (χ0n) is 15.1. The lowest BCUT2D eigenvalue weighted by atomic mass is 10.1. The Bertz CT molecular complexity index is 949. The first-order valence-electron chi connectivity index (χ1n) is 8.32. The number of nitrogens with zero attached hydrogens (tertiary/aromatic N) is 2. The first-order chi connectivity index (χ1) is 12.9. The highest BCUT2D eigenvalue weighted by Gasteiger charge is 2.24. The van der Waals surface area contributed by atoms with Gasteiger partial charge in [-0.3, -0.25) is 10.1 Å². The van der Waals surface area contributed by atoms with Crippen molar-refractivity contribution < 1.29 is 9.59 Å². The number of thioether (sulfide) groups is 1. The normalized spacial score (nSPS) is 16.6. The SMILES string of the molecule is CCNC(=O)Nc1ncc(C=C2SC(=Nc3ccc(C)cc3C)NC2=O)s1. The number of rotatable bonds is 4. The third kappa shape index (κ3) is 4.95. The minimum atomic E-state index is -0.304. The molecule has 0 bridgehead atoms. The Morgan fingerprint density at radius 2 is 2.19 bits per heavy atom. The van der Waals surface area contributed by atoms with Gasteiger partial charge in [0.2, 0.25) is 0 Å². The molecule has 1 aromatic heterocycles. The van der Waals surface area contributed by atoms with Gasteiger partial charge in [0.15, 0.2) is 10.3 Å². The number of aryl methyl sites for hydroxylation is 2. The summed E-state index contributed by atoms with van der Waals surface area (Å²) in [7, 11) is 0. The van der Waals surface area contributed by atoms with Gasteiger partial charge in [-0.25, -0.2) is 14.8 Å². The van der Waals surface area contributed by atoms with Crippen molar-refractivity contribution in [2.24, 2.45) is 4.99 Å². The molecule has 1 fully saturated rings. The van der Waals surface area contributed by atoms with Crippen molar-refractivity contribution in [2.75, 3.05) is 11.9 Å². The molecule has 27 heavy (non-hydrogen) atoms. The van der Waals surface area contributed by atoms with Gasteiger partial charge >= 0.3 is 6.03 Å². The van der Waals surface area contributed by atoms with Crippen LogP contribution >= 0.6 is 23.1 Å². The van der Waals surface area contributed by atoms with Crippen LogP contribution in [0.2, 0.25) is 0 Å². The van der Waals surface area contributed by atoms with Gasteiger partial charge in [0.1, 0.15) is 0 Å². The summed E-state index contributed by atoms with van der Waals surface area (Å²) in [5, 5.41) is 9.08. The number of aromatic nitrogens is 1. The molecule has 3 N–H and O–H groups in total. The van der Waals surface area contributed by atoms with E-state index in [1.54, 1.807) is 12.3 Å². The summed E-state index contributed by atoms with van der Waals surface area (Å²) in [6.07, 6.45) is 3.36. The number of hydrogen-bond acceptors (Lipinski definition) is 6. The molecule has 3 rings (SSSR count). The largest absolute Gasteiger partial charge is 0.338 e.